The van der Waals surface area contributed by atoms with Gasteiger partial charge in [0.25, 0.3) is 5.91 Å². The third kappa shape index (κ3) is 8.11. The van der Waals surface area contributed by atoms with Gasteiger partial charge in [-0.2, -0.15) is 0 Å². The summed E-state index contributed by atoms with van der Waals surface area (Å²) in [6, 6.07) is 31.5. The Kier molecular flexibility index (Phi) is 10.9. The number of amides is 3. The first-order valence-corrected chi connectivity index (χ1v) is 19.9. The van der Waals surface area contributed by atoms with Gasteiger partial charge in [0.05, 0.1) is 50.0 Å². The molecule has 6 aromatic rings. The van der Waals surface area contributed by atoms with Crippen molar-refractivity contribution in [2.75, 3.05) is 33.7 Å². The maximum absolute atomic E-state index is 13.7. The Balaban J connectivity index is 0.913. The van der Waals surface area contributed by atoms with Gasteiger partial charge in [0, 0.05) is 24.2 Å². The maximum Gasteiger partial charge on any atom is 0.278 e. The normalized spacial score (nSPS) is 17.4. The molecule has 0 radical (unpaired) electrons. The average molecular weight is 797 g/mol. The Bertz CT molecular complexity index is 2410. The number of imidazole rings is 2. The largest absolute Gasteiger partial charge is 0.530 e. The summed E-state index contributed by atoms with van der Waals surface area (Å²) < 4.78 is 0.402. The molecule has 3 amide bonds. The van der Waals surface area contributed by atoms with E-state index in [1.165, 1.54) is 0 Å². The van der Waals surface area contributed by atoms with E-state index in [-0.39, 0.29) is 23.9 Å². The molecule has 4 heterocycles. The van der Waals surface area contributed by atoms with Crippen molar-refractivity contribution in [3.63, 3.8) is 0 Å². The molecular weight excluding hydrogens is 752 g/mol. The van der Waals surface area contributed by atoms with Crippen molar-refractivity contribution in [1.29, 1.82) is 0 Å². The first kappa shape index (κ1) is 38.6. The molecule has 12 nitrogen and oxygen atoms in total. The summed E-state index contributed by atoms with van der Waals surface area (Å²) in [5.74, 6) is 1.21. The number of nitrogens with zero attached hydrogens (tertiary/aromatic N) is 5. The van der Waals surface area contributed by atoms with Gasteiger partial charge in [0.15, 0.2) is 6.54 Å². The van der Waals surface area contributed by atoms with Crippen LogP contribution in [0.1, 0.15) is 61.0 Å². The van der Waals surface area contributed by atoms with Gasteiger partial charge in [0.1, 0.15) is 29.5 Å². The second-order valence-corrected chi connectivity index (χ2v) is 16.0. The Morgan fingerprint density at radius 1 is 0.759 bits per heavy atom. The van der Waals surface area contributed by atoms with Crippen molar-refractivity contribution < 1.29 is 19.5 Å². The van der Waals surface area contributed by atoms with E-state index < -0.39 is 12.1 Å². The zero-order valence-electron chi connectivity index (χ0n) is 32.4. The van der Waals surface area contributed by atoms with Crippen molar-refractivity contribution in [2.24, 2.45) is 0 Å². The number of H-pyrrole nitrogens is 2. The molecule has 4 aromatic carbocycles. The van der Waals surface area contributed by atoms with Crippen molar-refractivity contribution in [1.82, 2.24) is 39.5 Å². The molecule has 296 valence electrons. The van der Waals surface area contributed by atoms with E-state index in [0.717, 1.165) is 64.4 Å². The average Bonchev–Trinajstić information content (AvgIpc) is 4.07. The number of aromatic nitrogens is 4. The Labute approximate surface area is 342 Å². The summed E-state index contributed by atoms with van der Waals surface area (Å²) in [4.78, 5) is 58.8. The minimum absolute atomic E-state index is 0.0868. The molecule has 0 saturated carbocycles. The lowest BCUT2D eigenvalue weighted by Gasteiger charge is -2.32. The van der Waals surface area contributed by atoms with E-state index in [1.807, 2.05) is 67.7 Å². The van der Waals surface area contributed by atoms with E-state index >= 15 is 0 Å². The van der Waals surface area contributed by atoms with Crippen LogP contribution < -0.4 is 14.9 Å². The lowest BCUT2D eigenvalue weighted by atomic mass is 10.0. The highest BCUT2D eigenvalue weighted by atomic mass is 35.5. The predicted molar refractivity (Wildman–Crippen MR) is 222 cm³/mol. The van der Waals surface area contributed by atoms with Gasteiger partial charge in [0.2, 0.25) is 5.91 Å². The molecule has 8 rings (SSSR count). The van der Waals surface area contributed by atoms with Crippen LogP contribution in [0.2, 0.25) is 5.02 Å². The number of likely N-dealkylation sites (N-methyl/N-ethyl adjacent to an activating group) is 1. The number of nitrogens with one attached hydrogen (secondary N) is 3. The molecule has 3 atom stereocenters. The SMILES string of the molecule is C[N+](C)(CC(=O)N1CCC[C@H]1c1ncc(-c2ccc(-c3ccc(-c4cnc([C@@H]5CCCN5C(=O)[C@H](NC(=O)[O-])c5ccccc5)[nH]4)cc3)cc2)[nH]1)c1cccc(Cl)c1. The van der Waals surface area contributed by atoms with Crippen LogP contribution in [-0.2, 0) is 9.59 Å². The van der Waals surface area contributed by atoms with E-state index in [1.54, 1.807) is 35.4 Å². The minimum atomic E-state index is -1.50. The number of carboxylic acid groups (broad SMARTS) is 1. The molecule has 13 heteroatoms. The highest BCUT2D eigenvalue weighted by molar-refractivity contribution is 6.30. The first-order valence-electron chi connectivity index (χ1n) is 19.6. The number of carbonyl (C=O) groups is 3. The Hall–Kier alpha value is -6.24. The predicted octanol–water partition coefficient (Wildman–Crippen LogP) is 7.06. The molecule has 2 aromatic heterocycles. The summed E-state index contributed by atoms with van der Waals surface area (Å²) in [5, 5.41) is 14.5. The monoisotopic (exact) mass is 796 g/mol. The molecule has 58 heavy (non-hydrogen) atoms. The number of quaternary nitrogens is 1. The molecule has 0 unspecified atom stereocenters. The van der Waals surface area contributed by atoms with Gasteiger partial charge < -0.3 is 35.0 Å². The van der Waals surface area contributed by atoms with E-state index in [2.05, 4.69) is 56.7 Å². The van der Waals surface area contributed by atoms with Gasteiger partial charge in [-0.15, -0.1) is 0 Å². The molecule has 2 aliphatic heterocycles. The molecule has 0 spiro atoms. The Morgan fingerprint density at radius 3 is 1.84 bits per heavy atom. The molecular formula is C45H45ClN8O4. The van der Waals surface area contributed by atoms with Crippen LogP contribution in [0.4, 0.5) is 10.5 Å². The van der Waals surface area contributed by atoms with Gasteiger partial charge in [-0.1, -0.05) is 96.5 Å². The Morgan fingerprint density at radius 2 is 1.29 bits per heavy atom. The van der Waals surface area contributed by atoms with Gasteiger partial charge in [-0.25, -0.2) is 9.97 Å². The van der Waals surface area contributed by atoms with E-state index in [0.29, 0.717) is 46.9 Å². The number of hydrogen-bond acceptors (Lipinski definition) is 6. The number of rotatable bonds is 11. The summed E-state index contributed by atoms with van der Waals surface area (Å²) in [6.45, 7) is 1.52. The van der Waals surface area contributed by atoms with Crippen LogP contribution in [0.15, 0.2) is 116 Å². The number of aromatic amines is 2. The zero-order chi connectivity index (χ0) is 40.4. The van der Waals surface area contributed by atoms with Crippen LogP contribution >= 0.6 is 11.6 Å². The molecule has 0 bridgehead atoms. The van der Waals surface area contributed by atoms with Gasteiger partial charge in [-0.05, 0) is 65.6 Å². The molecule has 3 N–H and O–H groups in total. The standard InChI is InChI=1S/C45H45ClN8O4/c1-54(2,35-12-6-11-34(46)25-35)28-40(55)52-23-7-13-38(52)42-47-26-36(49-42)31-19-15-29(16-20-31)30-17-21-32(22-18-30)37-27-48-43(50-37)39-14-8-24-53(39)44(56)41(51-45(57)58)33-9-4-3-5-10-33/h3-6,9-12,15-22,25-27,38-39,41,51H,7-8,13-14,23-24,28H2,1-2H3,(H2-,47,48,49,50,57,58)/t38-,39-,41+/m0/s1. The van der Waals surface area contributed by atoms with E-state index in [4.69, 9.17) is 16.6 Å². The lowest BCUT2D eigenvalue weighted by molar-refractivity contribution is -0.251. The molecule has 2 aliphatic rings. The highest BCUT2D eigenvalue weighted by Gasteiger charge is 2.37. The van der Waals surface area contributed by atoms with Crippen LogP contribution in [0, 0.1) is 0 Å². The number of carbonyl (C=O) groups excluding carboxylic acids is 3. The third-order valence-corrected chi connectivity index (χ3v) is 11.6. The number of halogens is 1. The second-order valence-electron chi connectivity index (χ2n) is 15.6. The highest BCUT2D eigenvalue weighted by Crippen LogP contribution is 2.36. The fourth-order valence-corrected chi connectivity index (χ4v) is 8.43. The van der Waals surface area contributed by atoms with Crippen LogP contribution in [0.25, 0.3) is 33.6 Å². The van der Waals surface area contributed by atoms with Gasteiger partial charge in [-0.3, -0.25) is 14.1 Å². The zero-order valence-corrected chi connectivity index (χ0v) is 33.2. The quantitative estimate of drug-likeness (QED) is 0.120. The van der Waals surface area contributed by atoms with Crippen LogP contribution in [0.5, 0.6) is 0 Å². The fraction of sp³-hybridized carbons (Fsp3) is 0.267. The van der Waals surface area contributed by atoms with Crippen LogP contribution in [-0.4, -0.2) is 81.4 Å². The number of benzene rings is 4. The summed E-state index contributed by atoms with van der Waals surface area (Å²) >= 11 is 6.25. The smallest absolute Gasteiger partial charge is 0.278 e. The van der Waals surface area contributed by atoms with Crippen LogP contribution in [0.3, 0.4) is 0 Å². The first-order chi connectivity index (χ1) is 28.0. The maximum atomic E-state index is 13.7. The van der Waals surface area contributed by atoms with Crippen molar-refractivity contribution in [3.8, 4) is 33.6 Å². The fourth-order valence-electron chi connectivity index (χ4n) is 8.24. The number of likely N-dealkylation sites (tertiary alicyclic amines) is 2. The third-order valence-electron chi connectivity index (χ3n) is 11.3. The van der Waals surface area contributed by atoms with Crippen molar-refractivity contribution >= 4 is 35.2 Å². The molecule has 2 fully saturated rings. The van der Waals surface area contributed by atoms with Crippen molar-refractivity contribution in [3.05, 3.63) is 138 Å². The molecule has 0 aliphatic carbocycles. The second kappa shape index (κ2) is 16.3. The lowest BCUT2D eigenvalue weighted by Crippen LogP contribution is -2.49. The summed E-state index contributed by atoms with van der Waals surface area (Å²) in [6.07, 6.45) is 5.38. The topological polar surface area (TPSA) is 150 Å². The summed E-state index contributed by atoms with van der Waals surface area (Å²) in [5.41, 5.74) is 7.33. The van der Waals surface area contributed by atoms with Crippen molar-refractivity contribution in [2.45, 2.75) is 43.8 Å². The van der Waals surface area contributed by atoms with E-state index in [9.17, 15) is 19.5 Å². The molecule has 2 saturated heterocycles. The summed E-state index contributed by atoms with van der Waals surface area (Å²) in [7, 11) is 4.05. The minimum Gasteiger partial charge on any atom is -0.530 e. The van der Waals surface area contributed by atoms with Gasteiger partial charge >= 0.3 is 0 Å². The number of hydrogen-bond donors (Lipinski definition) is 3.